The number of carbonyl (C=O) groups is 2. The number of para-hydroxylation sites is 1. The Morgan fingerprint density at radius 2 is 1.92 bits per heavy atom. The van der Waals surface area contributed by atoms with E-state index in [-0.39, 0.29) is 30.1 Å². The van der Waals surface area contributed by atoms with Crippen molar-refractivity contribution in [3.63, 3.8) is 0 Å². The Kier molecular flexibility index (Phi) is 5.73. The van der Waals surface area contributed by atoms with Crippen LogP contribution in [0.4, 0.5) is 18.9 Å². The summed E-state index contributed by atoms with van der Waals surface area (Å²) in [5.41, 5.74) is 5.73. The average Bonchev–Trinajstić information content (AvgIpc) is 3.01. The quantitative estimate of drug-likeness (QED) is 0.741. The van der Waals surface area contributed by atoms with Crippen molar-refractivity contribution < 1.29 is 27.3 Å². The van der Waals surface area contributed by atoms with Crippen LogP contribution in [0.15, 0.2) is 28.8 Å². The Morgan fingerprint density at radius 3 is 2.56 bits per heavy atom. The number of hydrogen-bond donors (Lipinski definition) is 2. The van der Waals surface area contributed by atoms with E-state index in [0.717, 1.165) is 0 Å². The molecule has 0 unspecified atom stereocenters. The second kappa shape index (κ2) is 7.77. The zero-order valence-corrected chi connectivity index (χ0v) is 13.0. The lowest BCUT2D eigenvalue weighted by Crippen LogP contribution is -2.17. The maximum Gasteiger partial charge on any atom is 0.471 e. The third-order valence-electron chi connectivity index (χ3n) is 3.23. The van der Waals surface area contributed by atoms with E-state index < -0.39 is 18.0 Å². The number of primary amides is 1. The summed E-state index contributed by atoms with van der Waals surface area (Å²) in [7, 11) is 0. The molecule has 1 heterocycles. The number of anilines is 1. The first-order valence-electron chi connectivity index (χ1n) is 7.36. The third kappa shape index (κ3) is 5.30. The van der Waals surface area contributed by atoms with Crippen LogP contribution in [0.5, 0.6) is 0 Å². The molecule has 0 spiro atoms. The van der Waals surface area contributed by atoms with Gasteiger partial charge in [-0.3, -0.25) is 9.59 Å². The smallest absolute Gasteiger partial charge is 0.366 e. The third-order valence-corrected chi connectivity index (χ3v) is 3.23. The molecule has 2 aromatic rings. The van der Waals surface area contributed by atoms with Gasteiger partial charge in [0.2, 0.25) is 5.91 Å². The molecular weight excluding hydrogens is 341 g/mol. The van der Waals surface area contributed by atoms with Crippen LogP contribution in [0.25, 0.3) is 0 Å². The zero-order valence-electron chi connectivity index (χ0n) is 13.0. The topological polar surface area (TPSA) is 111 Å². The van der Waals surface area contributed by atoms with Gasteiger partial charge in [0.05, 0.1) is 11.3 Å². The van der Waals surface area contributed by atoms with Gasteiger partial charge in [0, 0.05) is 12.8 Å². The molecule has 0 saturated heterocycles. The lowest BCUT2D eigenvalue weighted by Gasteiger charge is -2.08. The number of amides is 2. The van der Waals surface area contributed by atoms with Crippen LogP contribution in [-0.4, -0.2) is 22.0 Å². The van der Waals surface area contributed by atoms with E-state index in [1.54, 1.807) is 18.2 Å². The average molecular weight is 356 g/mol. The molecule has 0 saturated carbocycles. The molecule has 1 aromatic heterocycles. The molecule has 0 aliphatic heterocycles. The number of alkyl halides is 3. The highest BCUT2D eigenvalue weighted by atomic mass is 19.4. The maximum atomic E-state index is 12.3. The lowest BCUT2D eigenvalue weighted by molar-refractivity contribution is -0.159. The summed E-state index contributed by atoms with van der Waals surface area (Å²) < 4.78 is 41.0. The number of aromatic nitrogens is 2. The van der Waals surface area contributed by atoms with Gasteiger partial charge in [0.1, 0.15) is 0 Å². The first kappa shape index (κ1) is 18.4. The van der Waals surface area contributed by atoms with Gasteiger partial charge in [-0.25, -0.2) is 0 Å². The number of aryl methyl sites for hydroxylation is 1. The number of benzene rings is 1. The fraction of sp³-hybridized carbons (Fsp3) is 0.333. The van der Waals surface area contributed by atoms with Gasteiger partial charge in [-0.15, -0.1) is 0 Å². The van der Waals surface area contributed by atoms with Crippen molar-refractivity contribution in [1.82, 2.24) is 10.1 Å². The van der Waals surface area contributed by atoms with Gasteiger partial charge >= 0.3 is 12.1 Å². The first-order chi connectivity index (χ1) is 11.8. The molecule has 0 atom stereocenters. The van der Waals surface area contributed by atoms with E-state index in [4.69, 9.17) is 5.73 Å². The summed E-state index contributed by atoms with van der Waals surface area (Å²) in [5.74, 6) is -2.44. The van der Waals surface area contributed by atoms with Crippen molar-refractivity contribution in [3.8, 4) is 0 Å². The SMILES string of the molecule is NC(=O)c1ccccc1NC(=O)CCCCc1noc(C(F)(F)F)n1. The minimum Gasteiger partial charge on any atom is -0.366 e. The molecule has 25 heavy (non-hydrogen) atoms. The van der Waals surface area contributed by atoms with E-state index in [1.807, 2.05) is 0 Å². The van der Waals surface area contributed by atoms with Crippen molar-refractivity contribution in [2.75, 3.05) is 5.32 Å². The summed E-state index contributed by atoms with van der Waals surface area (Å²) in [5, 5.41) is 5.82. The van der Waals surface area contributed by atoms with E-state index >= 15 is 0 Å². The van der Waals surface area contributed by atoms with E-state index in [1.165, 1.54) is 6.07 Å². The molecule has 1 aromatic carbocycles. The number of halogens is 3. The van der Waals surface area contributed by atoms with Crippen molar-refractivity contribution in [3.05, 3.63) is 41.5 Å². The van der Waals surface area contributed by atoms with Crippen LogP contribution in [0.2, 0.25) is 0 Å². The maximum absolute atomic E-state index is 12.3. The van der Waals surface area contributed by atoms with Crippen LogP contribution in [0.3, 0.4) is 0 Å². The summed E-state index contributed by atoms with van der Waals surface area (Å²) in [6, 6.07) is 6.31. The van der Waals surface area contributed by atoms with Gasteiger partial charge in [-0.2, -0.15) is 18.2 Å². The van der Waals surface area contributed by atoms with Crippen molar-refractivity contribution in [2.45, 2.75) is 31.9 Å². The second-order valence-electron chi connectivity index (χ2n) is 5.18. The lowest BCUT2D eigenvalue weighted by atomic mass is 10.1. The van der Waals surface area contributed by atoms with Gasteiger partial charge in [0.25, 0.3) is 5.91 Å². The highest BCUT2D eigenvalue weighted by Gasteiger charge is 2.38. The summed E-state index contributed by atoms with van der Waals surface area (Å²) in [4.78, 5) is 26.4. The predicted octanol–water partition coefficient (Wildman–Crippen LogP) is 2.54. The Hall–Kier alpha value is -2.91. The minimum atomic E-state index is -4.67. The molecule has 3 N–H and O–H groups in total. The normalized spacial score (nSPS) is 11.3. The molecule has 0 aliphatic carbocycles. The van der Waals surface area contributed by atoms with Crippen LogP contribution < -0.4 is 11.1 Å². The van der Waals surface area contributed by atoms with Gasteiger partial charge in [0.15, 0.2) is 5.82 Å². The molecule has 0 fully saturated rings. The number of unbranched alkanes of at least 4 members (excludes halogenated alkanes) is 1. The molecule has 0 bridgehead atoms. The molecule has 2 rings (SSSR count). The van der Waals surface area contributed by atoms with E-state index in [0.29, 0.717) is 18.5 Å². The Balaban J connectivity index is 1.78. The number of nitrogens with two attached hydrogens (primary N) is 1. The molecule has 7 nitrogen and oxygen atoms in total. The Labute approximate surface area is 140 Å². The molecule has 0 radical (unpaired) electrons. The number of nitrogens with zero attached hydrogens (tertiary/aromatic N) is 2. The van der Waals surface area contributed by atoms with Crippen LogP contribution in [-0.2, 0) is 17.4 Å². The molecule has 2 amide bonds. The summed E-state index contributed by atoms with van der Waals surface area (Å²) >= 11 is 0. The summed E-state index contributed by atoms with van der Waals surface area (Å²) in [6.07, 6.45) is -3.58. The van der Waals surface area contributed by atoms with Crippen molar-refractivity contribution >= 4 is 17.5 Å². The van der Waals surface area contributed by atoms with Crippen molar-refractivity contribution in [1.29, 1.82) is 0 Å². The van der Waals surface area contributed by atoms with Crippen LogP contribution >= 0.6 is 0 Å². The van der Waals surface area contributed by atoms with Crippen LogP contribution in [0.1, 0.15) is 41.3 Å². The highest BCUT2D eigenvalue weighted by molar-refractivity contribution is 6.02. The van der Waals surface area contributed by atoms with E-state index in [9.17, 15) is 22.8 Å². The van der Waals surface area contributed by atoms with Crippen molar-refractivity contribution in [2.24, 2.45) is 5.73 Å². The number of rotatable bonds is 7. The second-order valence-corrected chi connectivity index (χ2v) is 5.18. The molecule has 10 heteroatoms. The van der Waals surface area contributed by atoms with Gasteiger partial charge < -0.3 is 15.6 Å². The fourth-order valence-electron chi connectivity index (χ4n) is 2.06. The Morgan fingerprint density at radius 1 is 1.20 bits per heavy atom. The molecule has 134 valence electrons. The zero-order chi connectivity index (χ0) is 18.4. The van der Waals surface area contributed by atoms with Gasteiger partial charge in [-0.05, 0) is 25.0 Å². The largest absolute Gasteiger partial charge is 0.471 e. The van der Waals surface area contributed by atoms with E-state index in [2.05, 4.69) is 20.0 Å². The Bertz CT molecular complexity index is 758. The highest BCUT2D eigenvalue weighted by Crippen LogP contribution is 2.27. The standard InChI is InChI=1S/C15H15F3N4O3/c16-15(17,18)14-21-11(22-25-14)7-3-4-8-12(23)20-10-6-2-1-5-9(10)13(19)24/h1-2,5-6H,3-4,7-8H2,(H2,19,24)(H,20,23). The first-order valence-corrected chi connectivity index (χ1v) is 7.36. The van der Waals surface area contributed by atoms with Crippen LogP contribution in [0, 0.1) is 0 Å². The van der Waals surface area contributed by atoms with Gasteiger partial charge in [-0.1, -0.05) is 17.3 Å². The number of nitrogens with one attached hydrogen (secondary N) is 1. The molecular formula is C15H15F3N4O3. The predicted molar refractivity (Wildman–Crippen MR) is 80.4 cm³/mol. The fourth-order valence-corrected chi connectivity index (χ4v) is 2.06. The summed E-state index contributed by atoms with van der Waals surface area (Å²) in [6.45, 7) is 0. The number of carbonyl (C=O) groups excluding carboxylic acids is 2. The minimum absolute atomic E-state index is 0.0631. The monoisotopic (exact) mass is 356 g/mol. The molecule has 0 aliphatic rings. The number of hydrogen-bond acceptors (Lipinski definition) is 5.